The summed E-state index contributed by atoms with van der Waals surface area (Å²) in [5, 5.41) is 20.4. The van der Waals surface area contributed by atoms with Crippen LogP contribution in [0.3, 0.4) is 0 Å². The van der Waals surface area contributed by atoms with E-state index in [1.807, 2.05) is 0 Å². The van der Waals surface area contributed by atoms with Crippen molar-refractivity contribution in [2.75, 3.05) is 46.2 Å². The third-order valence-electron chi connectivity index (χ3n) is 9.23. The molecule has 20 heteroatoms. The molecule has 0 saturated carbocycles. The van der Waals surface area contributed by atoms with E-state index in [2.05, 4.69) is 13.2 Å². The molecule has 17 nitrogen and oxygen atoms in total. The van der Waals surface area contributed by atoms with E-state index in [-0.39, 0.29) is 68.1 Å². The molecular formula is C35H67N2NaO15PS+. The van der Waals surface area contributed by atoms with E-state index in [1.54, 1.807) is 6.08 Å². The van der Waals surface area contributed by atoms with Crippen LogP contribution in [0.5, 0.6) is 0 Å². The van der Waals surface area contributed by atoms with Gasteiger partial charge in [0.2, 0.25) is 0 Å². The van der Waals surface area contributed by atoms with Crippen LogP contribution < -0.4 is 41.0 Å². The molecule has 2 rings (SSSR count). The van der Waals surface area contributed by atoms with E-state index in [4.69, 9.17) is 35.0 Å². The van der Waals surface area contributed by atoms with E-state index in [1.165, 1.54) is 44.6 Å². The fraction of sp³-hybridized carbons (Fsp3) is 0.914. The van der Waals surface area contributed by atoms with Gasteiger partial charge in [0, 0.05) is 32.1 Å². The molecule has 0 spiro atoms. The average molecular weight is 842 g/mol. The molecule has 2 saturated heterocycles. The molecule has 0 aromatic heterocycles. The van der Waals surface area contributed by atoms with Crippen molar-refractivity contribution in [1.29, 1.82) is 0 Å². The van der Waals surface area contributed by atoms with Gasteiger partial charge in [-0.05, 0) is 38.5 Å². The topological polar surface area (TPSA) is 266 Å². The molecule has 2 unspecified atom stereocenters. The molecule has 2 bridgehead atoms. The molecule has 8 N–H and O–H groups in total. The van der Waals surface area contributed by atoms with Crippen molar-refractivity contribution in [3.05, 3.63) is 12.2 Å². The average Bonchev–Trinajstić information content (AvgIpc) is 3.43. The summed E-state index contributed by atoms with van der Waals surface area (Å²) in [4.78, 5) is 21.3. The fourth-order valence-electron chi connectivity index (χ4n) is 6.41. The zero-order valence-corrected chi connectivity index (χ0v) is 36.4. The predicted octanol–water partition coefficient (Wildman–Crippen LogP) is 0.973. The number of aliphatic hydroxyl groups is 2. The molecule has 318 valence electrons. The van der Waals surface area contributed by atoms with Crippen molar-refractivity contribution in [2.24, 2.45) is 11.5 Å². The van der Waals surface area contributed by atoms with Gasteiger partial charge in [-0.3, -0.25) is 13.6 Å². The normalized spacial score (nSPS) is 23.3. The van der Waals surface area contributed by atoms with Crippen molar-refractivity contribution in [1.82, 2.24) is 0 Å². The molecule has 0 aromatic carbocycles. The largest absolute Gasteiger partial charge is 1.00 e. The number of hydrogen-bond acceptors (Lipinski definition) is 15. The van der Waals surface area contributed by atoms with Crippen molar-refractivity contribution in [3.63, 3.8) is 0 Å². The standard InChI is InChI=1S/C35H67N2O15PS.Na/c36-22-24-48-53(41,42)49-28-30(38)27-47-33(40)18-14-10-8-9-13-17-32-34-31(39)19-21-35(51-32,52-34)20-15-11-6-4-2-1-3-5-7-12-16-23-46-25-29(37)26-50-54(43,44)45;/h14,18,29-32,34,38-39H,1-13,15-17,19-28,36-37H2,(H,41,42)(H,43,44,45);/q;+1/b18-14+;/t29?,30-,31-,32-,34-,35+;/m1./s1. The molecular weight excluding hydrogens is 774 g/mol. The Morgan fingerprint density at radius 2 is 1.53 bits per heavy atom. The number of esters is 1. The Bertz CT molecular complexity index is 1210. The zero-order chi connectivity index (χ0) is 39.7. The van der Waals surface area contributed by atoms with Crippen LogP contribution >= 0.6 is 7.82 Å². The molecule has 0 radical (unpaired) electrons. The molecule has 0 aromatic rings. The number of ether oxygens (including phenoxy) is 4. The SMILES string of the molecule is NCCOP(=O)(O)OC[C@H](O)COC(=O)/C=C/CCCCC[C@H]1O[C@]2(CCCCCCCCCCCCCOCC(N)COS(=O)(=O)O)CC[C@@H](O)[C@H]1O2.[Na+]. The van der Waals surface area contributed by atoms with Crippen LogP contribution in [0.4, 0.5) is 0 Å². The third kappa shape index (κ3) is 25.9. The van der Waals surface area contributed by atoms with Crippen molar-refractivity contribution in [2.45, 2.75) is 158 Å². The fourth-order valence-corrected chi connectivity index (χ4v) is 7.52. The first-order valence-electron chi connectivity index (χ1n) is 19.6. The van der Waals surface area contributed by atoms with E-state index in [0.717, 1.165) is 64.2 Å². The number of fused-ring (bicyclic) bond motifs is 2. The van der Waals surface area contributed by atoms with E-state index < -0.39 is 61.4 Å². The minimum absolute atomic E-state index is 0. The van der Waals surface area contributed by atoms with Gasteiger partial charge < -0.3 is 45.5 Å². The second kappa shape index (κ2) is 30.0. The summed E-state index contributed by atoms with van der Waals surface area (Å²) in [5.74, 6) is -1.22. The molecule has 0 amide bonds. The van der Waals surface area contributed by atoms with Crippen molar-refractivity contribution < 1.29 is 99.2 Å². The van der Waals surface area contributed by atoms with E-state index in [9.17, 15) is 32.9 Å². The number of aliphatic hydroxyl groups excluding tert-OH is 2. The second-order valence-electron chi connectivity index (χ2n) is 14.2. The van der Waals surface area contributed by atoms with Gasteiger partial charge in [0.1, 0.15) is 18.8 Å². The monoisotopic (exact) mass is 841 g/mol. The number of nitrogens with two attached hydrogens (primary N) is 2. The minimum atomic E-state index is -4.47. The number of phosphoric ester groups is 1. The van der Waals surface area contributed by atoms with Crippen LogP contribution in [0.1, 0.15) is 122 Å². The predicted molar refractivity (Wildman–Crippen MR) is 199 cm³/mol. The molecule has 55 heavy (non-hydrogen) atoms. The maximum atomic E-state index is 11.9. The number of rotatable bonds is 34. The zero-order valence-electron chi connectivity index (χ0n) is 32.7. The smallest absolute Gasteiger partial charge is 0.460 e. The summed E-state index contributed by atoms with van der Waals surface area (Å²) in [6, 6.07) is -0.608. The number of carbonyl (C=O) groups excluding carboxylic acids is 1. The molecule has 2 fully saturated rings. The summed E-state index contributed by atoms with van der Waals surface area (Å²) in [5.41, 5.74) is 10.9. The van der Waals surface area contributed by atoms with Crippen LogP contribution in [0, 0.1) is 0 Å². The van der Waals surface area contributed by atoms with Gasteiger partial charge in [0.25, 0.3) is 0 Å². The maximum absolute atomic E-state index is 11.9. The maximum Gasteiger partial charge on any atom is 1.00 e. The Balaban J connectivity index is 0.0000151. The van der Waals surface area contributed by atoms with Crippen LogP contribution in [0.25, 0.3) is 0 Å². The Morgan fingerprint density at radius 1 is 0.891 bits per heavy atom. The van der Waals surface area contributed by atoms with Gasteiger partial charge in [0.05, 0.1) is 44.7 Å². The Morgan fingerprint density at radius 3 is 2.18 bits per heavy atom. The molecule has 0 aliphatic carbocycles. The van der Waals surface area contributed by atoms with Gasteiger partial charge in [-0.2, -0.15) is 8.42 Å². The summed E-state index contributed by atoms with van der Waals surface area (Å²) in [6.45, 7) is -0.647. The number of phosphoric acid groups is 1. The van der Waals surface area contributed by atoms with Crippen LogP contribution in [0.2, 0.25) is 0 Å². The van der Waals surface area contributed by atoms with Gasteiger partial charge >= 0.3 is 53.7 Å². The van der Waals surface area contributed by atoms with Crippen molar-refractivity contribution >= 4 is 24.2 Å². The molecule has 2 aliphatic heterocycles. The van der Waals surface area contributed by atoms with Gasteiger partial charge in [-0.1, -0.05) is 76.7 Å². The van der Waals surface area contributed by atoms with Crippen LogP contribution in [-0.4, -0.2) is 116 Å². The van der Waals surface area contributed by atoms with Gasteiger partial charge in [-0.15, -0.1) is 0 Å². The molecule has 7 atom stereocenters. The molecule has 2 aliphatic rings. The van der Waals surface area contributed by atoms with E-state index in [0.29, 0.717) is 25.9 Å². The Hall–Kier alpha value is -0.0900. The number of allylic oxidation sites excluding steroid dienone is 1. The minimum Gasteiger partial charge on any atom is -0.460 e. The summed E-state index contributed by atoms with van der Waals surface area (Å²) >= 11 is 0. The van der Waals surface area contributed by atoms with Gasteiger partial charge in [-0.25, -0.2) is 13.5 Å². The number of carbonyl (C=O) groups is 1. The Labute approximate surface area is 349 Å². The van der Waals surface area contributed by atoms with Crippen LogP contribution in [0.15, 0.2) is 12.2 Å². The first-order chi connectivity index (χ1) is 25.7. The third-order valence-corrected chi connectivity index (χ3v) is 10.6. The summed E-state index contributed by atoms with van der Waals surface area (Å²) in [7, 11) is -8.79. The Kier molecular flexibility index (Phi) is 28.9. The molecule has 2 heterocycles. The quantitative estimate of drug-likeness (QED) is 0.0132. The van der Waals surface area contributed by atoms with Crippen molar-refractivity contribution in [3.8, 4) is 0 Å². The van der Waals surface area contributed by atoms with Crippen LogP contribution in [-0.2, 0) is 51.9 Å². The van der Waals surface area contributed by atoms with E-state index >= 15 is 0 Å². The first kappa shape index (κ1) is 52.9. The summed E-state index contributed by atoms with van der Waals surface area (Å²) < 4.78 is 77.8. The summed E-state index contributed by atoms with van der Waals surface area (Å²) in [6.07, 6.45) is 19.8. The second-order valence-corrected chi connectivity index (χ2v) is 16.7. The number of hydrogen-bond donors (Lipinski definition) is 6. The number of unbranched alkanes of at least 4 members (excludes halogenated alkanes) is 13. The first-order valence-corrected chi connectivity index (χ1v) is 22.4. The van der Waals surface area contributed by atoms with Gasteiger partial charge in [0.15, 0.2) is 5.79 Å².